The van der Waals surface area contributed by atoms with Crippen LogP contribution in [0.4, 0.5) is 26.1 Å². The summed E-state index contributed by atoms with van der Waals surface area (Å²) in [4.78, 5) is 20.4. The van der Waals surface area contributed by atoms with Gasteiger partial charge < -0.3 is 26.8 Å². The molecule has 0 aliphatic heterocycles. The van der Waals surface area contributed by atoms with Gasteiger partial charge in [0, 0.05) is 35.5 Å². The number of carbonyl (C=O) groups is 1. The van der Waals surface area contributed by atoms with E-state index in [-0.39, 0.29) is 29.3 Å². The molecule has 2 aromatic heterocycles. The minimum atomic E-state index is -0.858. The molecule has 0 aliphatic carbocycles. The SMILES string of the molecule is CCCC(Nc1nc(Nc2cncc(-c3ccc(OC)cc3F)c2)c(C(N)=O)cc1F)C(C)N. The number of anilines is 3. The molecule has 2 unspecified atom stereocenters. The summed E-state index contributed by atoms with van der Waals surface area (Å²) in [7, 11) is 1.45. The highest BCUT2D eigenvalue weighted by Crippen LogP contribution is 2.29. The summed E-state index contributed by atoms with van der Waals surface area (Å²) in [6.07, 6.45) is 4.51. The number of nitrogens with zero attached hydrogens (tertiary/aromatic N) is 2. The van der Waals surface area contributed by atoms with Gasteiger partial charge in [-0.25, -0.2) is 13.8 Å². The average Bonchev–Trinajstić information content (AvgIpc) is 2.80. The van der Waals surface area contributed by atoms with E-state index in [2.05, 4.69) is 20.6 Å². The molecule has 1 amide bonds. The molecule has 1 aromatic carbocycles. The smallest absolute Gasteiger partial charge is 0.252 e. The first-order valence-electron chi connectivity index (χ1n) is 10.8. The Bertz CT molecular complexity index is 1170. The zero-order valence-electron chi connectivity index (χ0n) is 19.2. The highest BCUT2D eigenvalue weighted by atomic mass is 19.1. The summed E-state index contributed by atoms with van der Waals surface area (Å²) in [5.74, 6) is -1.71. The second-order valence-electron chi connectivity index (χ2n) is 7.91. The molecule has 2 atom stereocenters. The Balaban J connectivity index is 1.97. The predicted octanol–water partition coefficient (Wildman–Crippen LogP) is 4.20. The molecule has 180 valence electrons. The first-order chi connectivity index (χ1) is 16.2. The van der Waals surface area contributed by atoms with E-state index in [9.17, 15) is 13.6 Å². The monoisotopic (exact) mass is 470 g/mol. The number of benzene rings is 1. The standard InChI is InChI=1S/C24H28F2N6O2/c1-4-5-21(13(2)27)31-24-20(26)10-18(22(28)33)23(32-24)30-15-8-14(11-29-12-15)17-7-6-16(34-3)9-19(17)25/h6-13,21H,4-5,27H2,1-3H3,(H2,28,33)(H2,30,31,32). The van der Waals surface area contributed by atoms with E-state index in [1.54, 1.807) is 18.2 Å². The average molecular weight is 471 g/mol. The van der Waals surface area contributed by atoms with Gasteiger partial charge in [0.1, 0.15) is 17.4 Å². The van der Waals surface area contributed by atoms with E-state index < -0.39 is 17.5 Å². The number of nitrogens with two attached hydrogens (primary N) is 2. The summed E-state index contributed by atoms with van der Waals surface area (Å²) in [6.45, 7) is 3.81. The molecule has 8 nitrogen and oxygen atoms in total. The number of ether oxygens (including phenoxy) is 1. The van der Waals surface area contributed by atoms with E-state index in [0.717, 1.165) is 12.5 Å². The fourth-order valence-corrected chi connectivity index (χ4v) is 3.48. The molecule has 0 spiro atoms. The van der Waals surface area contributed by atoms with E-state index in [0.29, 0.717) is 29.0 Å². The Kier molecular flexibility index (Phi) is 7.95. The van der Waals surface area contributed by atoms with Crippen LogP contribution in [0.1, 0.15) is 37.0 Å². The third kappa shape index (κ3) is 5.76. The number of carbonyl (C=O) groups excluding carboxylic acids is 1. The van der Waals surface area contributed by atoms with Gasteiger partial charge in [-0.05, 0) is 37.6 Å². The zero-order chi connectivity index (χ0) is 24.8. The van der Waals surface area contributed by atoms with E-state index in [1.165, 1.54) is 25.6 Å². The minimum absolute atomic E-state index is 0.0328. The van der Waals surface area contributed by atoms with E-state index in [4.69, 9.17) is 16.2 Å². The van der Waals surface area contributed by atoms with Gasteiger partial charge in [0.25, 0.3) is 5.91 Å². The lowest BCUT2D eigenvalue weighted by atomic mass is 10.1. The topological polar surface area (TPSA) is 128 Å². The van der Waals surface area contributed by atoms with Crippen LogP contribution < -0.4 is 26.8 Å². The fraction of sp³-hybridized carbons (Fsp3) is 0.292. The maximum Gasteiger partial charge on any atom is 0.252 e. The van der Waals surface area contributed by atoms with Crippen molar-refractivity contribution in [2.75, 3.05) is 17.7 Å². The van der Waals surface area contributed by atoms with Crippen molar-refractivity contribution in [2.24, 2.45) is 11.5 Å². The Hall–Kier alpha value is -3.79. The van der Waals surface area contributed by atoms with Crippen LogP contribution in [-0.2, 0) is 0 Å². The van der Waals surface area contributed by atoms with Gasteiger partial charge in [-0.2, -0.15) is 0 Å². The van der Waals surface area contributed by atoms with Gasteiger partial charge in [-0.3, -0.25) is 9.78 Å². The van der Waals surface area contributed by atoms with Crippen molar-refractivity contribution in [1.29, 1.82) is 0 Å². The molecule has 3 rings (SSSR count). The molecular formula is C24H28F2N6O2. The van der Waals surface area contributed by atoms with Crippen molar-refractivity contribution < 1.29 is 18.3 Å². The normalized spacial score (nSPS) is 12.6. The number of hydrogen-bond acceptors (Lipinski definition) is 7. The highest BCUT2D eigenvalue weighted by molar-refractivity contribution is 5.98. The molecule has 10 heteroatoms. The molecular weight excluding hydrogens is 442 g/mol. The molecule has 0 bridgehead atoms. The van der Waals surface area contributed by atoms with Crippen molar-refractivity contribution >= 4 is 23.2 Å². The van der Waals surface area contributed by atoms with Gasteiger partial charge in [0.15, 0.2) is 11.6 Å². The number of primary amides is 1. The lowest BCUT2D eigenvalue weighted by molar-refractivity contribution is 0.100. The van der Waals surface area contributed by atoms with Crippen molar-refractivity contribution in [1.82, 2.24) is 9.97 Å². The number of nitrogens with one attached hydrogen (secondary N) is 2. The number of pyridine rings is 2. The third-order valence-corrected chi connectivity index (χ3v) is 5.29. The van der Waals surface area contributed by atoms with E-state index in [1.807, 2.05) is 13.8 Å². The second kappa shape index (κ2) is 10.9. The summed E-state index contributed by atoms with van der Waals surface area (Å²) in [5, 5.41) is 5.96. The molecule has 0 aliphatic rings. The maximum absolute atomic E-state index is 14.7. The van der Waals surface area contributed by atoms with Crippen LogP contribution in [0.15, 0.2) is 42.7 Å². The zero-order valence-corrected chi connectivity index (χ0v) is 19.2. The van der Waals surface area contributed by atoms with E-state index >= 15 is 0 Å². The van der Waals surface area contributed by atoms with Gasteiger partial charge in [0.2, 0.25) is 0 Å². The number of methoxy groups -OCH3 is 1. The number of halogens is 2. The summed E-state index contributed by atoms with van der Waals surface area (Å²) >= 11 is 0. The molecule has 0 radical (unpaired) electrons. The summed E-state index contributed by atoms with van der Waals surface area (Å²) < 4.78 is 34.3. The van der Waals surface area contributed by atoms with Crippen LogP contribution in [0.3, 0.4) is 0 Å². The van der Waals surface area contributed by atoms with Gasteiger partial charge in [-0.1, -0.05) is 13.3 Å². The summed E-state index contributed by atoms with van der Waals surface area (Å²) in [5.41, 5.74) is 12.5. The lowest BCUT2D eigenvalue weighted by Gasteiger charge is -2.23. The fourth-order valence-electron chi connectivity index (χ4n) is 3.48. The predicted molar refractivity (Wildman–Crippen MR) is 128 cm³/mol. The molecule has 34 heavy (non-hydrogen) atoms. The quantitative estimate of drug-likeness (QED) is 0.350. The van der Waals surface area contributed by atoms with Crippen molar-refractivity contribution in [3.63, 3.8) is 0 Å². The summed E-state index contributed by atoms with van der Waals surface area (Å²) in [6, 6.07) is 6.65. The van der Waals surface area contributed by atoms with Crippen LogP contribution in [0, 0.1) is 11.6 Å². The molecule has 0 fully saturated rings. The van der Waals surface area contributed by atoms with Crippen molar-refractivity contribution in [3.05, 3.63) is 59.9 Å². The minimum Gasteiger partial charge on any atom is -0.497 e. The largest absolute Gasteiger partial charge is 0.497 e. The molecule has 2 heterocycles. The van der Waals surface area contributed by atoms with Crippen LogP contribution in [0.2, 0.25) is 0 Å². The van der Waals surface area contributed by atoms with Crippen molar-refractivity contribution in [2.45, 2.75) is 38.8 Å². The molecule has 0 saturated carbocycles. The Morgan fingerprint density at radius 3 is 2.53 bits per heavy atom. The Labute approximate surface area is 196 Å². The first kappa shape index (κ1) is 24.8. The number of rotatable bonds is 10. The highest BCUT2D eigenvalue weighted by Gasteiger charge is 2.20. The number of aromatic nitrogens is 2. The second-order valence-corrected chi connectivity index (χ2v) is 7.91. The Morgan fingerprint density at radius 2 is 1.91 bits per heavy atom. The number of hydrogen-bond donors (Lipinski definition) is 4. The molecule has 3 aromatic rings. The van der Waals surface area contributed by atoms with Crippen LogP contribution in [0.25, 0.3) is 11.1 Å². The van der Waals surface area contributed by atoms with Crippen LogP contribution in [0.5, 0.6) is 5.75 Å². The van der Waals surface area contributed by atoms with Gasteiger partial charge in [0.05, 0.1) is 24.6 Å². The van der Waals surface area contributed by atoms with Crippen LogP contribution in [-0.4, -0.2) is 35.1 Å². The van der Waals surface area contributed by atoms with Crippen LogP contribution >= 0.6 is 0 Å². The molecule has 6 N–H and O–H groups in total. The van der Waals surface area contributed by atoms with Crippen molar-refractivity contribution in [3.8, 4) is 16.9 Å². The molecule has 0 saturated heterocycles. The van der Waals surface area contributed by atoms with Gasteiger partial charge in [-0.15, -0.1) is 0 Å². The maximum atomic E-state index is 14.7. The number of amides is 1. The first-order valence-corrected chi connectivity index (χ1v) is 10.8. The Morgan fingerprint density at radius 1 is 1.15 bits per heavy atom. The lowest BCUT2D eigenvalue weighted by Crippen LogP contribution is -2.38. The third-order valence-electron chi connectivity index (χ3n) is 5.29. The van der Waals surface area contributed by atoms with Gasteiger partial charge >= 0.3 is 0 Å².